The van der Waals surface area contributed by atoms with Crippen LogP contribution in [0.5, 0.6) is 0 Å². The van der Waals surface area contributed by atoms with Gasteiger partial charge in [-0.25, -0.2) is 8.42 Å². The number of hydrogen-bond acceptors (Lipinski definition) is 5. The van der Waals surface area contributed by atoms with Crippen LogP contribution in [0.3, 0.4) is 0 Å². The van der Waals surface area contributed by atoms with Gasteiger partial charge in [0.15, 0.2) is 0 Å². The fraction of sp³-hybridized carbons (Fsp3) is 0.333. The highest BCUT2D eigenvalue weighted by Gasteiger charge is 2.26. The van der Waals surface area contributed by atoms with E-state index in [1.807, 2.05) is 6.07 Å². The summed E-state index contributed by atoms with van der Waals surface area (Å²) in [6, 6.07) is 15.4. The van der Waals surface area contributed by atoms with Crippen molar-refractivity contribution in [2.75, 3.05) is 30.2 Å². The molecule has 3 rings (SSSR count). The highest BCUT2D eigenvalue weighted by Crippen LogP contribution is 2.25. The van der Waals surface area contributed by atoms with Crippen molar-refractivity contribution in [1.82, 2.24) is 4.90 Å². The molecule has 1 saturated heterocycles. The quantitative estimate of drug-likeness (QED) is 0.657. The normalized spacial score (nSPS) is 15.0. The van der Waals surface area contributed by atoms with Crippen molar-refractivity contribution in [2.24, 2.45) is 11.7 Å². The largest absolute Gasteiger partial charge is 0.369 e. The Balaban J connectivity index is 1.57. The minimum absolute atomic E-state index is 0.00318. The number of benzene rings is 2. The summed E-state index contributed by atoms with van der Waals surface area (Å²) >= 11 is 1.36. The molecule has 0 aromatic heterocycles. The summed E-state index contributed by atoms with van der Waals surface area (Å²) in [5.41, 5.74) is 5.91. The molecular formula is C21H25N3O4S2. The Kier molecular flexibility index (Phi) is 7.04. The van der Waals surface area contributed by atoms with Gasteiger partial charge in [-0.15, -0.1) is 11.8 Å². The van der Waals surface area contributed by atoms with Gasteiger partial charge in [0.05, 0.1) is 16.3 Å². The number of primary amides is 1. The SMILES string of the molecule is CN(c1ccccc1)S(=O)(=O)c1ccc(SCC(=O)N2CCC(C(N)=O)CC2)cc1. The molecule has 2 N–H and O–H groups in total. The van der Waals surface area contributed by atoms with Gasteiger partial charge in [-0.2, -0.15) is 0 Å². The minimum atomic E-state index is -3.66. The third-order valence-corrected chi connectivity index (χ3v) is 8.01. The summed E-state index contributed by atoms with van der Waals surface area (Å²) in [7, 11) is -2.14. The Morgan fingerprint density at radius 2 is 1.67 bits per heavy atom. The maximum Gasteiger partial charge on any atom is 0.264 e. The molecule has 30 heavy (non-hydrogen) atoms. The first-order valence-electron chi connectivity index (χ1n) is 9.63. The molecule has 1 aliphatic heterocycles. The molecule has 0 unspecified atom stereocenters. The molecule has 7 nitrogen and oxygen atoms in total. The number of nitrogens with zero attached hydrogens (tertiary/aromatic N) is 2. The maximum atomic E-state index is 12.8. The number of rotatable bonds is 7. The standard InChI is InChI=1S/C21H25N3O4S2/c1-23(17-5-3-2-4-6-17)30(27,28)19-9-7-18(8-10-19)29-15-20(25)24-13-11-16(12-14-24)21(22)26/h2-10,16H,11-15H2,1H3,(H2,22,26). The van der Waals surface area contributed by atoms with Gasteiger partial charge in [0.1, 0.15) is 0 Å². The molecule has 9 heteroatoms. The summed E-state index contributed by atoms with van der Waals surface area (Å²) in [5, 5.41) is 0. The van der Waals surface area contributed by atoms with Gasteiger partial charge < -0.3 is 10.6 Å². The molecule has 0 atom stereocenters. The van der Waals surface area contributed by atoms with Crippen LogP contribution in [-0.2, 0) is 19.6 Å². The van der Waals surface area contributed by atoms with Crippen molar-refractivity contribution >= 4 is 39.3 Å². The number of hydrogen-bond donors (Lipinski definition) is 1. The van der Waals surface area contributed by atoms with Gasteiger partial charge in [0.25, 0.3) is 10.0 Å². The Morgan fingerprint density at radius 3 is 2.23 bits per heavy atom. The summed E-state index contributed by atoms with van der Waals surface area (Å²) in [4.78, 5) is 26.4. The molecular weight excluding hydrogens is 422 g/mol. The maximum absolute atomic E-state index is 12.8. The molecule has 2 aromatic rings. The van der Waals surface area contributed by atoms with E-state index in [1.165, 1.54) is 23.1 Å². The number of para-hydroxylation sites is 1. The Hall–Kier alpha value is -2.52. The lowest BCUT2D eigenvalue weighted by Crippen LogP contribution is -2.42. The van der Waals surface area contributed by atoms with Crippen molar-refractivity contribution in [2.45, 2.75) is 22.6 Å². The molecule has 2 aromatic carbocycles. The average molecular weight is 448 g/mol. The number of likely N-dealkylation sites (tertiary alicyclic amines) is 1. The summed E-state index contributed by atoms with van der Waals surface area (Å²) in [6.45, 7) is 1.08. The van der Waals surface area contributed by atoms with Crippen LogP contribution in [0, 0.1) is 5.92 Å². The molecule has 0 aliphatic carbocycles. The van der Waals surface area contributed by atoms with E-state index in [0.29, 0.717) is 31.6 Å². The fourth-order valence-electron chi connectivity index (χ4n) is 3.29. The van der Waals surface area contributed by atoms with E-state index in [-0.39, 0.29) is 28.4 Å². The Morgan fingerprint density at radius 1 is 1.07 bits per heavy atom. The van der Waals surface area contributed by atoms with Crippen LogP contribution < -0.4 is 10.0 Å². The van der Waals surface area contributed by atoms with E-state index in [9.17, 15) is 18.0 Å². The van der Waals surface area contributed by atoms with Gasteiger partial charge in [-0.3, -0.25) is 13.9 Å². The number of piperidine rings is 1. The predicted octanol–water partition coefficient (Wildman–Crippen LogP) is 2.33. The summed E-state index contributed by atoms with van der Waals surface area (Å²) in [6.07, 6.45) is 1.21. The second kappa shape index (κ2) is 9.53. The molecule has 0 saturated carbocycles. The fourth-order valence-corrected chi connectivity index (χ4v) is 5.29. The highest BCUT2D eigenvalue weighted by atomic mass is 32.2. The lowest BCUT2D eigenvalue weighted by Gasteiger charge is -2.30. The molecule has 160 valence electrons. The van der Waals surface area contributed by atoms with Crippen molar-refractivity contribution in [3.8, 4) is 0 Å². The second-order valence-electron chi connectivity index (χ2n) is 7.13. The number of amides is 2. The lowest BCUT2D eigenvalue weighted by molar-refractivity contribution is -0.132. The van der Waals surface area contributed by atoms with E-state index in [4.69, 9.17) is 5.73 Å². The monoisotopic (exact) mass is 447 g/mol. The zero-order valence-corrected chi connectivity index (χ0v) is 18.4. The van der Waals surface area contributed by atoms with Gasteiger partial charge in [-0.1, -0.05) is 18.2 Å². The van der Waals surface area contributed by atoms with Crippen LogP contribution in [0.25, 0.3) is 0 Å². The molecule has 1 heterocycles. The molecule has 1 aliphatic rings. The number of thioether (sulfide) groups is 1. The number of anilines is 1. The number of nitrogens with two attached hydrogens (primary N) is 1. The first-order valence-corrected chi connectivity index (χ1v) is 12.1. The Labute approximate surface area is 181 Å². The first-order chi connectivity index (χ1) is 14.3. The number of sulfonamides is 1. The minimum Gasteiger partial charge on any atom is -0.369 e. The average Bonchev–Trinajstić information content (AvgIpc) is 2.77. The molecule has 0 radical (unpaired) electrons. The van der Waals surface area contributed by atoms with Gasteiger partial charge >= 0.3 is 0 Å². The Bertz CT molecular complexity index is 987. The summed E-state index contributed by atoms with van der Waals surface area (Å²) in [5.74, 6) is -0.185. The zero-order valence-electron chi connectivity index (χ0n) is 16.7. The smallest absolute Gasteiger partial charge is 0.264 e. The van der Waals surface area contributed by atoms with Crippen LogP contribution in [-0.4, -0.2) is 51.0 Å². The number of carbonyl (C=O) groups excluding carboxylic acids is 2. The van der Waals surface area contributed by atoms with Crippen LogP contribution in [0.4, 0.5) is 5.69 Å². The highest BCUT2D eigenvalue weighted by molar-refractivity contribution is 8.00. The van der Waals surface area contributed by atoms with E-state index < -0.39 is 10.0 Å². The van der Waals surface area contributed by atoms with Crippen LogP contribution >= 0.6 is 11.8 Å². The van der Waals surface area contributed by atoms with Crippen LogP contribution in [0.1, 0.15) is 12.8 Å². The van der Waals surface area contributed by atoms with Crippen molar-refractivity contribution < 1.29 is 18.0 Å². The first kappa shape index (κ1) is 22.2. The third-order valence-electron chi connectivity index (χ3n) is 5.21. The van der Waals surface area contributed by atoms with Crippen LogP contribution in [0.15, 0.2) is 64.4 Å². The lowest BCUT2D eigenvalue weighted by atomic mass is 9.96. The molecule has 1 fully saturated rings. The zero-order chi connectivity index (χ0) is 21.7. The van der Waals surface area contributed by atoms with Crippen molar-refractivity contribution in [1.29, 1.82) is 0 Å². The number of carbonyl (C=O) groups is 2. The molecule has 0 spiro atoms. The van der Waals surface area contributed by atoms with E-state index >= 15 is 0 Å². The van der Waals surface area contributed by atoms with Crippen molar-refractivity contribution in [3.63, 3.8) is 0 Å². The van der Waals surface area contributed by atoms with E-state index in [1.54, 1.807) is 53.4 Å². The second-order valence-corrected chi connectivity index (χ2v) is 10.1. The third kappa shape index (κ3) is 5.14. The van der Waals surface area contributed by atoms with Crippen molar-refractivity contribution in [3.05, 3.63) is 54.6 Å². The predicted molar refractivity (Wildman–Crippen MR) is 118 cm³/mol. The van der Waals surface area contributed by atoms with Gasteiger partial charge in [-0.05, 0) is 49.2 Å². The van der Waals surface area contributed by atoms with E-state index in [2.05, 4.69) is 0 Å². The van der Waals surface area contributed by atoms with E-state index in [0.717, 1.165) is 4.90 Å². The van der Waals surface area contributed by atoms with Gasteiger partial charge in [0, 0.05) is 31.0 Å². The molecule has 2 amide bonds. The molecule has 0 bridgehead atoms. The summed E-state index contributed by atoms with van der Waals surface area (Å²) < 4.78 is 26.9. The topological polar surface area (TPSA) is 101 Å². The van der Waals surface area contributed by atoms with Crippen LogP contribution in [0.2, 0.25) is 0 Å². The van der Waals surface area contributed by atoms with Gasteiger partial charge in [0.2, 0.25) is 11.8 Å².